The Bertz CT molecular complexity index is 560. The van der Waals surface area contributed by atoms with Crippen molar-refractivity contribution < 1.29 is 24.5 Å². The number of carbonyl (C=O) groups is 2. The van der Waals surface area contributed by atoms with Crippen LogP contribution in [0.5, 0.6) is 0 Å². The van der Waals surface area contributed by atoms with Crippen molar-refractivity contribution in [3.63, 3.8) is 0 Å². The summed E-state index contributed by atoms with van der Waals surface area (Å²) in [5, 5.41) is 23.7. The van der Waals surface area contributed by atoms with E-state index in [1.165, 1.54) is 0 Å². The van der Waals surface area contributed by atoms with Crippen LogP contribution in [0.3, 0.4) is 0 Å². The molecule has 2 N–H and O–H groups in total. The van der Waals surface area contributed by atoms with E-state index >= 15 is 0 Å². The minimum absolute atomic E-state index is 0.382. The van der Waals surface area contributed by atoms with Crippen LogP contribution in [0.1, 0.15) is 51.8 Å². The summed E-state index contributed by atoms with van der Waals surface area (Å²) < 4.78 is 5.01. The van der Waals surface area contributed by atoms with Crippen LogP contribution in [0.2, 0.25) is 0 Å². The van der Waals surface area contributed by atoms with Gasteiger partial charge < -0.3 is 25.1 Å². The van der Waals surface area contributed by atoms with Gasteiger partial charge in [-0.25, -0.2) is 4.79 Å². The van der Waals surface area contributed by atoms with Crippen LogP contribution in [0, 0.1) is 5.92 Å². The second-order valence-corrected chi connectivity index (χ2v) is 7.23. The zero-order valence-electron chi connectivity index (χ0n) is 14.8. The van der Waals surface area contributed by atoms with E-state index in [0.717, 1.165) is 12.0 Å². The fourth-order valence-electron chi connectivity index (χ4n) is 2.22. The van der Waals surface area contributed by atoms with Crippen molar-refractivity contribution in [1.29, 1.82) is 0 Å². The molecule has 134 valence electrons. The molecule has 0 radical (unpaired) electrons. The fraction of sp³-hybridized carbons (Fsp3) is 0.556. The number of ether oxygens (including phenoxy) is 1. The second-order valence-electron chi connectivity index (χ2n) is 7.23. The number of carboxylic acids is 1. The molecule has 0 aliphatic carbocycles. The molecular formula is C18H26NO5-. The summed E-state index contributed by atoms with van der Waals surface area (Å²) in [5.41, 5.74) is 0.697. The maximum Gasteiger partial charge on any atom is 0.408 e. The van der Waals surface area contributed by atoms with E-state index in [1.54, 1.807) is 32.9 Å². The predicted octanol–water partition coefficient (Wildman–Crippen LogP) is 1.56. The van der Waals surface area contributed by atoms with Crippen molar-refractivity contribution in [2.45, 2.75) is 58.8 Å². The Morgan fingerprint density at radius 2 is 1.75 bits per heavy atom. The van der Waals surface area contributed by atoms with Crippen LogP contribution in [0.25, 0.3) is 0 Å². The Labute approximate surface area is 142 Å². The molecule has 6 heteroatoms. The summed E-state index contributed by atoms with van der Waals surface area (Å²) >= 11 is 0. The number of alkyl carbamates (subject to hydrolysis) is 1. The molecule has 0 aliphatic rings. The molecule has 0 spiro atoms. The highest BCUT2D eigenvalue weighted by Gasteiger charge is 2.26. The first-order valence-corrected chi connectivity index (χ1v) is 7.97. The highest BCUT2D eigenvalue weighted by molar-refractivity contribution is 5.79. The van der Waals surface area contributed by atoms with E-state index in [-0.39, 0.29) is 0 Å². The van der Waals surface area contributed by atoms with Crippen molar-refractivity contribution in [3.05, 3.63) is 35.4 Å². The highest BCUT2D eigenvalue weighted by Crippen LogP contribution is 2.19. The number of benzene rings is 1. The van der Waals surface area contributed by atoms with Crippen molar-refractivity contribution in [1.82, 2.24) is 5.32 Å². The van der Waals surface area contributed by atoms with Gasteiger partial charge in [-0.3, -0.25) is 0 Å². The minimum Gasteiger partial charge on any atom is -0.548 e. The Hall–Kier alpha value is -2.08. The zero-order chi connectivity index (χ0) is 18.5. The van der Waals surface area contributed by atoms with Crippen LogP contribution in [0.4, 0.5) is 4.79 Å². The zero-order valence-corrected chi connectivity index (χ0v) is 14.8. The molecule has 0 unspecified atom stereocenters. The molecule has 1 rings (SSSR count). The summed E-state index contributed by atoms with van der Waals surface area (Å²) in [4.78, 5) is 23.0. The topological polar surface area (TPSA) is 98.7 Å². The molecule has 6 nitrogen and oxygen atoms in total. The molecule has 0 fully saturated rings. The van der Waals surface area contributed by atoms with E-state index in [2.05, 4.69) is 19.2 Å². The first-order chi connectivity index (χ1) is 11.0. The molecule has 0 aliphatic heterocycles. The monoisotopic (exact) mass is 336 g/mol. The second kappa shape index (κ2) is 8.15. The highest BCUT2D eigenvalue weighted by atomic mass is 16.6. The summed E-state index contributed by atoms with van der Waals surface area (Å²) in [6.07, 6.45) is -1.47. The van der Waals surface area contributed by atoms with Gasteiger partial charge in [0, 0.05) is 0 Å². The predicted molar refractivity (Wildman–Crippen MR) is 88.1 cm³/mol. The van der Waals surface area contributed by atoms with Crippen LogP contribution < -0.4 is 10.4 Å². The first-order valence-electron chi connectivity index (χ1n) is 7.97. The number of rotatable bonds is 6. The Kier molecular flexibility index (Phi) is 6.78. The molecule has 24 heavy (non-hydrogen) atoms. The molecular weight excluding hydrogens is 310 g/mol. The van der Waals surface area contributed by atoms with Crippen molar-refractivity contribution in [2.24, 2.45) is 5.92 Å². The number of aliphatic hydroxyl groups excluding tert-OH is 1. The van der Waals surface area contributed by atoms with Gasteiger partial charge in [0.25, 0.3) is 0 Å². The van der Waals surface area contributed by atoms with Crippen LogP contribution >= 0.6 is 0 Å². The quantitative estimate of drug-likeness (QED) is 0.821. The third-order valence-electron chi connectivity index (χ3n) is 3.21. The standard InChI is InChI=1S/C18H27NO5/c1-11(2)10-12-6-8-13(9-7-12)15(20)14(16(21)22)19-17(23)24-18(3,4)5/h6-9,11,14-15,20H,10H2,1-5H3,(H,19,23)(H,21,22)/p-1/t14-,15+/m1/s1. The number of hydrogen-bond donors (Lipinski definition) is 2. The van der Waals surface area contributed by atoms with Gasteiger partial charge in [-0.05, 0) is 44.2 Å². The van der Waals surface area contributed by atoms with Crippen molar-refractivity contribution in [2.75, 3.05) is 0 Å². The molecule has 0 bridgehead atoms. The summed E-state index contributed by atoms with van der Waals surface area (Å²) in [5.74, 6) is -1.09. The largest absolute Gasteiger partial charge is 0.548 e. The SMILES string of the molecule is CC(C)Cc1ccc([C@H](O)[C@@H](NC(=O)OC(C)(C)C)C(=O)[O-])cc1. The van der Waals surface area contributed by atoms with Gasteiger partial charge in [-0.2, -0.15) is 0 Å². The summed E-state index contributed by atoms with van der Waals surface area (Å²) in [6, 6.07) is 5.36. The smallest absolute Gasteiger partial charge is 0.408 e. The first kappa shape index (κ1) is 20.0. The molecule has 1 aromatic carbocycles. The minimum atomic E-state index is -1.60. The van der Waals surface area contributed by atoms with Gasteiger partial charge in [0.2, 0.25) is 0 Å². The maximum absolute atomic E-state index is 11.7. The third-order valence-corrected chi connectivity index (χ3v) is 3.21. The van der Waals surface area contributed by atoms with E-state index in [9.17, 15) is 19.8 Å². The van der Waals surface area contributed by atoms with E-state index < -0.39 is 29.8 Å². The van der Waals surface area contributed by atoms with Crippen molar-refractivity contribution in [3.8, 4) is 0 Å². The van der Waals surface area contributed by atoms with E-state index in [0.29, 0.717) is 11.5 Å². The van der Waals surface area contributed by atoms with Gasteiger partial charge in [-0.15, -0.1) is 0 Å². The van der Waals surface area contributed by atoms with Gasteiger partial charge in [0.15, 0.2) is 0 Å². The lowest BCUT2D eigenvalue weighted by Crippen LogP contribution is -2.52. The van der Waals surface area contributed by atoms with E-state index in [1.807, 2.05) is 12.1 Å². The molecule has 1 amide bonds. The molecule has 0 heterocycles. The third kappa shape index (κ3) is 6.58. The van der Waals surface area contributed by atoms with Gasteiger partial charge in [0.05, 0.1) is 5.97 Å². The van der Waals surface area contributed by atoms with Gasteiger partial charge in [0.1, 0.15) is 17.7 Å². The Morgan fingerprint density at radius 3 is 2.17 bits per heavy atom. The summed E-state index contributed by atoms with van der Waals surface area (Å²) in [7, 11) is 0. The average molecular weight is 336 g/mol. The number of aliphatic hydroxyl groups is 1. The lowest BCUT2D eigenvalue weighted by atomic mass is 9.97. The maximum atomic E-state index is 11.7. The number of carbonyl (C=O) groups excluding carboxylic acids is 2. The molecule has 0 saturated carbocycles. The Morgan fingerprint density at radius 1 is 1.21 bits per heavy atom. The van der Waals surface area contributed by atoms with Crippen LogP contribution in [-0.2, 0) is 16.0 Å². The number of carboxylic acid groups (broad SMARTS) is 1. The fourth-order valence-corrected chi connectivity index (χ4v) is 2.22. The summed E-state index contributed by atoms with van der Waals surface area (Å²) in [6.45, 7) is 9.17. The number of aliphatic carboxylic acids is 1. The molecule has 2 atom stereocenters. The molecule has 0 saturated heterocycles. The number of nitrogens with one attached hydrogen (secondary N) is 1. The number of amides is 1. The molecule has 1 aromatic rings. The van der Waals surface area contributed by atoms with Gasteiger partial charge >= 0.3 is 6.09 Å². The van der Waals surface area contributed by atoms with E-state index in [4.69, 9.17) is 4.74 Å². The van der Waals surface area contributed by atoms with Gasteiger partial charge in [-0.1, -0.05) is 38.1 Å². The average Bonchev–Trinajstić information content (AvgIpc) is 2.42. The lowest BCUT2D eigenvalue weighted by Gasteiger charge is -2.27. The van der Waals surface area contributed by atoms with Crippen LogP contribution in [-0.4, -0.2) is 28.8 Å². The van der Waals surface area contributed by atoms with Crippen LogP contribution in [0.15, 0.2) is 24.3 Å². The number of hydrogen-bond acceptors (Lipinski definition) is 5. The Balaban J connectivity index is 2.84. The molecule has 0 aromatic heterocycles. The van der Waals surface area contributed by atoms with Crippen molar-refractivity contribution >= 4 is 12.1 Å². The lowest BCUT2D eigenvalue weighted by molar-refractivity contribution is -0.310. The normalized spacial score (nSPS) is 14.1.